The molecule has 1 aromatic heterocycles. The summed E-state index contributed by atoms with van der Waals surface area (Å²) in [7, 11) is 0. The zero-order valence-electron chi connectivity index (χ0n) is 12.2. The van der Waals surface area contributed by atoms with Gasteiger partial charge in [-0.25, -0.2) is 4.98 Å². The first-order valence-electron chi connectivity index (χ1n) is 6.39. The number of halogens is 2. The molecule has 1 rings (SSSR count). The van der Waals surface area contributed by atoms with Gasteiger partial charge in [-0.2, -0.15) is 8.78 Å². The van der Waals surface area contributed by atoms with Crippen LogP contribution in [0.2, 0.25) is 0 Å². The van der Waals surface area contributed by atoms with Crippen molar-refractivity contribution in [2.45, 2.75) is 46.1 Å². The van der Waals surface area contributed by atoms with Gasteiger partial charge in [0.1, 0.15) is 5.69 Å². The maximum Gasteiger partial charge on any atom is 0.286 e. The van der Waals surface area contributed by atoms with E-state index in [2.05, 4.69) is 31.1 Å². The third-order valence-corrected chi connectivity index (χ3v) is 2.69. The van der Waals surface area contributed by atoms with Crippen molar-refractivity contribution in [1.29, 1.82) is 0 Å². The van der Waals surface area contributed by atoms with Crippen LogP contribution in [0.4, 0.5) is 8.78 Å². The average molecular weight is 268 g/mol. The second-order valence-corrected chi connectivity index (χ2v) is 5.71. The summed E-state index contributed by atoms with van der Waals surface area (Å²) in [6, 6.07) is 4.73. The highest BCUT2D eigenvalue weighted by atomic mass is 19.3. The molecule has 0 aliphatic carbocycles. The molecular formula is C15H22F2N2. The SMILES string of the molecule is C/C=C(/CNC(C)(C)C)c1cccc(C(C)(F)F)n1. The van der Waals surface area contributed by atoms with Gasteiger partial charge >= 0.3 is 0 Å². The van der Waals surface area contributed by atoms with Gasteiger partial charge in [0.15, 0.2) is 0 Å². The predicted octanol–water partition coefficient (Wildman–Crippen LogP) is 3.98. The van der Waals surface area contributed by atoms with Crippen LogP contribution < -0.4 is 5.32 Å². The van der Waals surface area contributed by atoms with Crippen molar-refractivity contribution < 1.29 is 8.78 Å². The van der Waals surface area contributed by atoms with Crippen molar-refractivity contribution >= 4 is 5.57 Å². The van der Waals surface area contributed by atoms with E-state index < -0.39 is 5.92 Å². The maximum atomic E-state index is 13.3. The monoisotopic (exact) mass is 268 g/mol. The van der Waals surface area contributed by atoms with Gasteiger partial charge in [-0.1, -0.05) is 12.1 Å². The van der Waals surface area contributed by atoms with Crippen LogP contribution in [0.1, 0.15) is 46.0 Å². The quantitative estimate of drug-likeness (QED) is 0.893. The average Bonchev–Trinajstić information content (AvgIpc) is 2.27. The number of rotatable bonds is 4. The topological polar surface area (TPSA) is 24.9 Å². The Balaban J connectivity index is 2.95. The minimum atomic E-state index is -2.91. The van der Waals surface area contributed by atoms with E-state index in [0.717, 1.165) is 12.5 Å². The highest BCUT2D eigenvalue weighted by Crippen LogP contribution is 2.26. The third-order valence-electron chi connectivity index (χ3n) is 2.69. The van der Waals surface area contributed by atoms with Gasteiger partial charge in [0.25, 0.3) is 5.92 Å². The van der Waals surface area contributed by atoms with E-state index in [1.54, 1.807) is 12.1 Å². The molecular weight excluding hydrogens is 246 g/mol. The molecule has 4 heteroatoms. The van der Waals surface area contributed by atoms with Crippen molar-refractivity contribution in [3.8, 4) is 0 Å². The number of alkyl halides is 2. The minimum Gasteiger partial charge on any atom is -0.308 e. The molecule has 0 unspecified atom stereocenters. The van der Waals surface area contributed by atoms with Crippen LogP contribution in [-0.4, -0.2) is 17.1 Å². The van der Waals surface area contributed by atoms with Gasteiger partial charge in [0.2, 0.25) is 0 Å². The first-order valence-corrected chi connectivity index (χ1v) is 6.39. The van der Waals surface area contributed by atoms with E-state index in [-0.39, 0.29) is 11.2 Å². The molecule has 0 spiro atoms. The second kappa shape index (κ2) is 5.78. The number of hydrogen-bond donors (Lipinski definition) is 1. The standard InChI is InChI=1S/C15H22F2N2/c1-6-11(10-18-14(2,3)4)12-8-7-9-13(19-12)15(5,16)17/h6-9,18H,10H2,1-5H3/b11-6-. The summed E-state index contributed by atoms with van der Waals surface area (Å²) < 4.78 is 26.6. The zero-order valence-corrected chi connectivity index (χ0v) is 12.2. The van der Waals surface area contributed by atoms with Crippen LogP contribution in [0, 0.1) is 0 Å². The normalized spacial score (nSPS) is 13.7. The summed E-state index contributed by atoms with van der Waals surface area (Å²) in [5, 5.41) is 3.33. The third kappa shape index (κ3) is 5.07. The van der Waals surface area contributed by atoms with Gasteiger partial charge in [0.05, 0.1) is 5.69 Å². The van der Waals surface area contributed by atoms with E-state index in [1.807, 2.05) is 13.0 Å². The fraction of sp³-hybridized carbons (Fsp3) is 0.533. The number of nitrogens with one attached hydrogen (secondary N) is 1. The molecule has 2 nitrogen and oxygen atoms in total. The molecule has 0 amide bonds. The molecule has 0 atom stereocenters. The van der Waals surface area contributed by atoms with Crippen molar-refractivity contribution in [2.75, 3.05) is 6.54 Å². The Morgan fingerprint density at radius 2 is 1.89 bits per heavy atom. The molecule has 0 aromatic carbocycles. The van der Waals surface area contributed by atoms with Crippen LogP contribution in [0.5, 0.6) is 0 Å². The van der Waals surface area contributed by atoms with Gasteiger partial charge in [-0.3, -0.25) is 0 Å². The van der Waals surface area contributed by atoms with E-state index in [9.17, 15) is 8.78 Å². The van der Waals surface area contributed by atoms with E-state index in [1.165, 1.54) is 6.07 Å². The lowest BCUT2D eigenvalue weighted by Crippen LogP contribution is -2.36. The fourth-order valence-corrected chi connectivity index (χ4v) is 1.56. The molecule has 106 valence electrons. The van der Waals surface area contributed by atoms with Gasteiger partial charge in [-0.05, 0) is 45.4 Å². The number of nitrogens with zero attached hydrogens (tertiary/aromatic N) is 1. The van der Waals surface area contributed by atoms with E-state index >= 15 is 0 Å². The molecule has 0 bridgehead atoms. The lowest BCUT2D eigenvalue weighted by Gasteiger charge is -2.22. The minimum absolute atomic E-state index is 0.0272. The van der Waals surface area contributed by atoms with Crippen molar-refractivity contribution in [3.63, 3.8) is 0 Å². The first-order chi connectivity index (χ1) is 8.63. The van der Waals surface area contributed by atoms with Gasteiger partial charge in [-0.15, -0.1) is 0 Å². The van der Waals surface area contributed by atoms with Crippen LogP contribution in [-0.2, 0) is 5.92 Å². The van der Waals surface area contributed by atoms with Crippen molar-refractivity contribution in [2.24, 2.45) is 0 Å². The molecule has 0 radical (unpaired) electrons. The van der Waals surface area contributed by atoms with Crippen LogP contribution >= 0.6 is 0 Å². The zero-order chi connectivity index (χ0) is 14.7. The molecule has 0 saturated heterocycles. The summed E-state index contributed by atoms with van der Waals surface area (Å²) in [6.45, 7) is 9.53. The Morgan fingerprint density at radius 3 is 2.37 bits per heavy atom. The molecule has 19 heavy (non-hydrogen) atoms. The number of allylic oxidation sites excluding steroid dienone is 1. The number of aromatic nitrogens is 1. The lowest BCUT2D eigenvalue weighted by atomic mass is 10.1. The van der Waals surface area contributed by atoms with Crippen molar-refractivity contribution in [3.05, 3.63) is 35.7 Å². The molecule has 1 N–H and O–H groups in total. The Hall–Kier alpha value is -1.29. The summed E-state index contributed by atoms with van der Waals surface area (Å²) in [6.07, 6.45) is 1.90. The summed E-state index contributed by atoms with van der Waals surface area (Å²) >= 11 is 0. The smallest absolute Gasteiger partial charge is 0.286 e. The molecule has 0 aliphatic rings. The molecule has 0 fully saturated rings. The Labute approximate surface area is 113 Å². The van der Waals surface area contributed by atoms with Crippen molar-refractivity contribution in [1.82, 2.24) is 10.3 Å². The number of hydrogen-bond acceptors (Lipinski definition) is 2. The maximum absolute atomic E-state index is 13.3. The summed E-state index contributed by atoms with van der Waals surface area (Å²) in [5.74, 6) is -2.91. The summed E-state index contributed by atoms with van der Waals surface area (Å²) in [5.41, 5.74) is 1.29. The molecule has 0 saturated carbocycles. The lowest BCUT2D eigenvalue weighted by molar-refractivity contribution is 0.0127. The molecule has 0 aliphatic heterocycles. The highest BCUT2D eigenvalue weighted by molar-refractivity contribution is 5.63. The van der Waals surface area contributed by atoms with E-state index in [4.69, 9.17) is 0 Å². The van der Waals surface area contributed by atoms with Gasteiger partial charge in [0, 0.05) is 19.0 Å². The molecule has 1 heterocycles. The predicted molar refractivity (Wildman–Crippen MR) is 75.2 cm³/mol. The summed E-state index contributed by atoms with van der Waals surface area (Å²) in [4.78, 5) is 4.06. The highest BCUT2D eigenvalue weighted by Gasteiger charge is 2.26. The van der Waals surface area contributed by atoms with Crippen LogP contribution in [0.3, 0.4) is 0 Å². The second-order valence-electron chi connectivity index (χ2n) is 5.71. The van der Waals surface area contributed by atoms with Crippen LogP contribution in [0.25, 0.3) is 5.57 Å². The Kier molecular flexibility index (Phi) is 4.80. The number of pyridine rings is 1. The van der Waals surface area contributed by atoms with Gasteiger partial charge < -0.3 is 5.32 Å². The molecule has 1 aromatic rings. The Bertz CT molecular complexity index is 454. The largest absolute Gasteiger partial charge is 0.308 e. The first kappa shape index (κ1) is 15.8. The Morgan fingerprint density at radius 1 is 1.26 bits per heavy atom. The fourth-order valence-electron chi connectivity index (χ4n) is 1.56. The van der Waals surface area contributed by atoms with E-state index in [0.29, 0.717) is 12.2 Å². The van der Waals surface area contributed by atoms with Crippen LogP contribution in [0.15, 0.2) is 24.3 Å².